The lowest BCUT2D eigenvalue weighted by molar-refractivity contribution is -0.133. The Morgan fingerprint density at radius 3 is 2.69 bits per heavy atom. The van der Waals surface area contributed by atoms with Gasteiger partial charge in [-0.2, -0.15) is 0 Å². The number of fused-ring (bicyclic) bond motifs is 2. The molecule has 1 unspecified atom stereocenters. The number of hydrogen-bond donors (Lipinski definition) is 0. The van der Waals surface area contributed by atoms with E-state index in [4.69, 9.17) is 18.9 Å². The van der Waals surface area contributed by atoms with E-state index < -0.39 is 0 Å². The average Bonchev–Trinajstić information content (AvgIpc) is 3.52. The molecule has 5 rings (SSSR count). The number of hydrogen-bond acceptors (Lipinski definition) is 6. The fraction of sp³-hybridized carbons (Fsp3) is 0.320. The molecule has 0 bridgehead atoms. The Labute approximate surface area is 191 Å². The summed E-state index contributed by atoms with van der Waals surface area (Å²) >= 11 is 1.67. The highest BCUT2D eigenvalue weighted by Gasteiger charge is 2.33. The van der Waals surface area contributed by atoms with E-state index in [-0.39, 0.29) is 18.7 Å². The molecule has 2 aliphatic heterocycles. The molecule has 0 spiro atoms. The molecule has 7 heteroatoms. The van der Waals surface area contributed by atoms with Gasteiger partial charge in [0, 0.05) is 17.8 Å². The third-order valence-electron chi connectivity index (χ3n) is 6.07. The van der Waals surface area contributed by atoms with Crippen molar-refractivity contribution in [2.45, 2.75) is 25.3 Å². The molecule has 2 aromatic carbocycles. The summed E-state index contributed by atoms with van der Waals surface area (Å²) in [5, 5.41) is 2.06. The second-order valence-corrected chi connectivity index (χ2v) is 8.83. The van der Waals surface area contributed by atoms with Crippen molar-refractivity contribution in [3.8, 4) is 23.0 Å². The lowest BCUT2D eigenvalue weighted by Gasteiger charge is -2.37. The maximum absolute atomic E-state index is 13.4. The number of aryl methyl sites for hydroxylation is 1. The van der Waals surface area contributed by atoms with Gasteiger partial charge < -0.3 is 23.8 Å². The number of rotatable bonds is 6. The first-order chi connectivity index (χ1) is 15.7. The van der Waals surface area contributed by atoms with Crippen LogP contribution in [0.2, 0.25) is 0 Å². The van der Waals surface area contributed by atoms with Gasteiger partial charge in [-0.1, -0.05) is 12.1 Å². The van der Waals surface area contributed by atoms with Gasteiger partial charge in [0.05, 0.1) is 20.3 Å². The van der Waals surface area contributed by atoms with Gasteiger partial charge in [0.2, 0.25) is 12.7 Å². The van der Waals surface area contributed by atoms with E-state index in [2.05, 4.69) is 11.4 Å². The molecular weight excluding hydrogens is 426 g/mol. The summed E-state index contributed by atoms with van der Waals surface area (Å²) < 4.78 is 21.9. The molecule has 1 aromatic heterocycles. The van der Waals surface area contributed by atoms with Crippen LogP contribution in [-0.4, -0.2) is 38.4 Å². The maximum Gasteiger partial charge on any atom is 0.231 e. The number of nitrogens with zero attached hydrogens (tertiary/aromatic N) is 1. The summed E-state index contributed by atoms with van der Waals surface area (Å²) in [5.41, 5.74) is 3.37. The molecule has 0 saturated heterocycles. The quantitative estimate of drug-likeness (QED) is 0.548. The third-order valence-corrected chi connectivity index (χ3v) is 7.00. The number of amides is 1. The van der Waals surface area contributed by atoms with Crippen LogP contribution in [0.5, 0.6) is 23.0 Å². The van der Waals surface area contributed by atoms with Crippen LogP contribution < -0.4 is 18.9 Å². The van der Waals surface area contributed by atoms with Crippen molar-refractivity contribution in [3.05, 3.63) is 69.4 Å². The van der Waals surface area contributed by atoms with E-state index in [9.17, 15) is 4.79 Å². The van der Waals surface area contributed by atoms with Gasteiger partial charge >= 0.3 is 0 Å². The molecule has 0 saturated carbocycles. The summed E-state index contributed by atoms with van der Waals surface area (Å²) in [4.78, 5) is 16.6. The number of benzene rings is 2. The monoisotopic (exact) mass is 451 g/mol. The highest BCUT2D eigenvalue weighted by atomic mass is 32.1. The lowest BCUT2D eigenvalue weighted by atomic mass is 9.90. The third kappa shape index (κ3) is 3.77. The second kappa shape index (κ2) is 8.74. The Morgan fingerprint density at radius 1 is 1.09 bits per heavy atom. The van der Waals surface area contributed by atoms with E-state index in [1.807, 2.05) is 41.3 Å². The predicted molar refractivity (Wildman–Crippen MR) is 122 cm³/mol. The smallest absolute Gasteiger partial charge is 0.231 e. The predicted octanol–water partition coefficient (Wildman–Crippen LogP) is 4.60. The number of ether oxygens (including phenoxy) is 4. The Kier molecular flexibility index (Phi) is 5.66. The molecule has 32 heavy (non-hydrogen) atoms. The Morgan fingerprint density at radius 2 is 1.91 bits per heavy atom. The fourth-order valence-electron chi connectivity index (χ4n) is 4.46. The van der Waals surface area contributed by atoms with Crippen molar-refractivity contribution >= 4 is 17.2 Å². The Hall–Kier alpha value is -3.19. The SMILES string of the molecule is COc1cc2c(cc1OC)C(c1cccs1)N(C(=O)CCc1ccc3c(c1)OCO3)CC2. The number of carbonyl (C=O) groups excluding carboxylic acids is 1. The first-order valence-corrected chi connectivity index (χ1v) is 11.5. The molecule has 6 nitrogen and oxygen atoms in total. The van der Waals surface area contributed by atoms with Gasteiger partial charge in [0.15, 0.2) is 23.0 Å². The first kappa shape index (κ1) is 20.7. The van der Waals surface area contributed by atoms with Crippen LogP contribution in [0.4, 0.5) is 0 Å². The molecule has 0 radical (unpaired) electrons. The molecule has 2 aliphatic rings. The number of carbonyl (C=O) groups is 1. The first-order valence-electron chi connectivity index (χ1n) is 10.6. The molecule has 1 amide bonds. The largest absolute Gasteiger partial charge is 0.493 e. The Balaban J connectivity index is 1.41. The Bertz CT molecular complexity index is 1130. The van der Waals surface area contributed by atoms with Crippen LogP contribution in [0.15, 0.2) is 47.8 Å². The van der Waals surface area contributed by atoms with Crippen LogP contribution >= 0.6 is 11.3 Å². The highest BCUT2D eigenvalue weighted by Crippen LogP contribution is 2.42. The molecular formula is C25H25NO5S. The van der Waals surface area contributed by atoms with E-state index in [0.29, 0.717) is 25.1 Å². The molecule has 0 fully saturated rings. The minimum atomic E-state index is -0.122. The van der Waals surface area contributed by atoms with E-state index in [1.165, 1.54) is 5.56 Å². The van der Waals surface area contributed by atoms with Crippen molar-refractivity contribution in [2.75, 3.05) is 27.6 Å². The summed E-state index contributed by atoms with van der Waals surface area (Å²) in [7, 11) is 3.29. The summed E-state index contributed by atoms with van der Waals surface area (Å²) in [6, 6.07) is 14.0. The van der Waals surface area contributed by atoms with Gasteiger partial charge in [0.25, 0.3) is 0 Å². The van der Waals surface area contributed by atoms with Crippen LogP contribution in [0.1, 0.15) is 34.0 Å². The molecule has 3 aromatic rings. The van der Waals surface area contributed by atoms with Crippen molar-refractivity contribution in [2.24, 2.45) is 0 Å². The van der Waals surface area contributed by atoms with Gasteiger partial charge in [-0.3, -0.25) is 4.79 Å². The zero-order chi connectivity index (χ0) is 22.1. The topological polar surface area (TPSA) is 57.2 Å². The summed E-state index contributed by atoms with van der Waals surface area (Å²) in [6.07, 6.45) is 1.87. The maximum atomic E-state index is 13.4. The van der Waals surface area contributed by atoms with E-state index >= 15 is 0 Å². The van der Waals surface area contributed by atoms with Gasteiger partial charge in [-0.05, 0) is 65.2 Å². The van der Waals surface area contributed by atoms with Crippen molar-refractivity contribution in [1.29, 1.82) is 0 Å². The van der Waals surface area contributed by atoms with E-state index in [0.717, 1.165) is 39.7 Å². The zero-order valence-electron chi connectivity index (χ0n) is 18.1. The van der Waals surface area contributed by atoms with Crippen LogP contribution in [-0.2, 0) is 17.6 Å². The van der Waals surface area contributed by atoms with E-state index in [1.54, 1.807) is 25.6 Å². The minimum Gasteiger partial charge on any atom is -0.493 e. The van der Waals surface area contributed by atoms with Crippen LogP contribution in [0.25, 0.3) is 0 Å². The molecule has 0 aliphatic carbocycles. The van der Waals surface area contributed by atoms with Gasteiger partial charge in [-0.15, -0.1) is 11.3 Å². The summed E-state index contributed by atoms with van der Waals surface area (Å²) in [5.74, 6) is 3.05. The lowest BCUT2D eigenvalue weighted by Crippen LogP contribution is -2.40. The molecule has 3 heterocycles. The molecule has 0 N–H and O–H groups in total. The minimum absolute atomic E-state index is 0.122. The average molecular weight is 452 g/mol. The van der Waals surface area contributed by atoms with Gasteiger partial charge in [0.1, 0.15) is 0 Å². The van der Waals surface area contributed by atoms with Crippen LogP contribution in [0, 0.1) is 0 Å². The van der Waals surface area contributed by atoms with Crippen molar-refractivity contribution in [3.63, 3.8) is 0 Å². The standard InChI is InChI=1S/C25H25NO5S/c1-28-20-13-17-9-10-26(25(23-4-3-11-32-23)18(17)14-21(20)29-2)24(27)8-6-16-5-7-19-22(12-16)31-15-30-19/h3-5,7,11-14,25H,6,8-10,15H2,1-2H3. The fourth-order valence-corrected chi connectivity index (χ4v) is 5.31. The van der Waals surface area contributed by atoms with Gasteiger partial charge in [-0.25, -0.2) is 0 Å². The highest BCUT2D eigenvalue weighted by molar-refractivity contribution is 7.10. The second-order valence-electron chi connectivity index (χ2n) is 7.85. The molecule has 166 valence electrons. The molecule has 1 atom stereocenters. The number of thiophene rings is 1. The van der Waals surface area contributed by atoms with Crippen LogP contribution in [0.3, 0.4) is 0 Å². The van der Waals surface area contributed by atoms with Crippen molar-refractivity contribution in [1.82, 2.24) is 4.90 Å². The zero-order valence-corrected chi connectivity index (χ0v) is 18.9. The summed E-state index contributed by atoms with van der Waals surface area (Å²) in [6.45, 7) is 0.923. The van der Waals surface area contributed by atoms with Crippen molar-refractivity contribution < 1.29 is 23.7 Å². The number of methoxy groups -OCH3 is 2. The normalized spacial score (nSPS) is 16.6.